The fourth-order valence-electron chi connectivity index (χ4n) is 2.30. The van der Waals surface area contributed by atoms with Crippen LogP contribution in [0, 0.1) is 0 Å². The molecular formula is C17H17NO2. The highest BCUT2D eigenvalue weighted by molar-refractivity contribution is 6.08. The summed E-state index contributed by atoms with van der Waals surface area (Å²) in [5.74, 6) is 0.219. The molecule has 3 heteroatoms. The Bertz CT molecular complexity index is 773. The summed E-state index contributed by atoms with van der Waals surface area (Å²) < 4.78 is 5.67. The lowest BCUT2D eigenvalue weighted by Gasteiger charge is -2.08. The van der Waals surface area contributed by atoms with Crippen molar-refractivity contribution in [3.63, 3.8) is 0 Å². The molecule has 0 unspecified atom stereocenters. The molecule has 0 aliphatic carbocycles. The molecule has 0 bridgehead atoms. The lowest BCUT2D eigenvalue weighted by molar-refractivity contribution is 0.0913. The highest BCUT2D eigenvalue weighted by atomic mass is 16.3. The molecule has 0 aliphatic heterocycles. The predicted octanol–water partition coefficient (Wildman–Crippen LogP) is 4.11. The molecular weight excluding hydrogens is 250 g/mol. The summed E-state index contributed by atoms with van der Waals surface area (Å²) in [6.07, 6.45) is 0.898. The topological polar surface area (TPSA) is 42.2 Å². The maximum absolute atomic E-state index is 12.1. The van der Waals surface area contributed by atoms with Crippen molar-refractivity contribution in [1.29, 1.82) is 0 Å². The van der Waals surface area contributed by atoms with Crippen LogP contribution in [-0.4, -0.2) is 11.9 Å². The van der Waals surface area contributed by atoms with Gasteiger partial charge in [0.1, 0.15) is 5.58 Å². The number of rotatable bonds is 3. The molecule has 0 fully saturated rings. The molecule has 2 aromatic carbocycles. The monoisotopic (exact) mass is 267 g/mol. The summed E-state index contributed by atoms with van der Waals surface area (Å²) >= 11 is 0. The summed E-state index contributed by atoms with van der Waals surface area (Å²) in [7, 11) is 0. The molecule has 0 saturated carbocycles. The molecule has 102 valence electrons. The van der Waals surface area contributed by atoms with E-state index in [-0.39, 0.29) is 11.9 Å². The van der Waals surface area contributed by atoms with Gasteiger partial charge in [-0.15, -0.1) is 0 Å². The van der Waals surface area contributed by atoms with Gasteiger partial charge in [-0.1, -0.05) is 37.3 Å². The van der Waals surface area contributed by atoms with Gasteiger partial charge >= 0.3 is 0 Å². The maximum Gasteiger partial charge on any atom is 0.287 e. The van der Waals surface area contributed by atoms with Gasteiger partial charge in [-0.3, -0.25) is 4.79 Å². The Morgan fingerprint density at radius 3 is 2.80 bits per heavy atom. The lowest BCUT2D eigenvalue weighted by Crippen LogP contribution is -2.31. The van der Waals surface area contributed by atoms with Gasteiger partial charge in [0.2, 0.25) is 0 Å². The van der Waals surface area contributed by atoms with E-state index in [0.717, 1.165) is 28.2 Å². The number of amides is 1. The van der Waals surface area contributed by atoms with Crippen LogP contribution in [0.4, 0.5) is 0 Å². The van der Waals surface area contributed by atoms with E-state index in [0.29, 0.717) is 5.76 Å². The van der Waals surface area contributed by atoms with Crippen molar-refractivity contribution < 1.29 is 9.21 Å². The zero-order valence-corrected chi connectivity index (χ0v) is 11.6. The van der Waals surface area contributed by atoms with Gasteiger partial charge < -0.3 is 9.73 Å². The van der Waals surface area contributed by atoms with Crippen molar-refractivity contribution in [2.75, 3.05) is 0 Å². The van der Waals surface area contributed by atoms with E-state index in [4.69, 9.17) is 4.42 Å². The number of furan rings is 1. The SMILES string of the molecule is CC[C@@H](C)NC(=O)c1cc2c(ccc3ccccc32)o1. The van der Waals surface area contributed by atoms with Gasteiger partial charge in [0.15, 0.2) is 5.76 Å². The van der Waals surface area contributed by atoms with Crippen LogP contribution in [0.5, 0.6) is 0 Å². The molecule has 1 aromatic heterocycles. The largest absolute Gasteiger partial charge is 0.451 e. The second-order valence-corrected chi connectivity index (χ2v) is 5.09. The molecule has 0 aliphatic rings. The zero-order chi connectivity index (χ0) is 14.1. The van der Waals surface area contributed by atoms with E-state index >= 15 is 0 Å². The van der Waals surface area contributed by atoms with Gasteiger partial charge in [-0.2, -0.15) is 0 Å². The number of fused-ring (bicyclic) bond motifs is 3. The first kappa shape index (κ1) is 12.7. The minimum absolute atomic E-state index is 0.146. The first-order valence-corrected chi connectivity index (χ1v) is 6.91. The van der Waals surface area contributed by atoms with E-state index < -0.39 is 0 Å². The maximum atomic E-state index is 12.1. The average molecular weight is 267 g/mol. The standard InChI is InChI=1S/C17H17NO2/c1-3-11(2)18-17(19)16-10-14-13-7-5-4-6-12(13)8-9-15(14)20-16/h4-11H,3H2,1-2H3,(H,18,19)/t11-/m1/s1. The zero-order valence-electron chi connectivity index (χ0n) is 11.6. The van der Waals surface area contributed by atoms with Crippen LogP contribution in [0.1, 0.15) is 30.8 Å². The van der Waals surface area contributed by atoms with Gasteiger partial charge in [0, 0.05) is 11.4 Å². The summed E-state index contributed by atoms with van der Waals surface area (Å²) in [5, 5.41) is 6.16. The molecule has 3 aromatic rings. The third-order valence-corrected chi connectivity index (χ3v) is 3.64. The molecule has 20 heavy (non-hydrogen) atoms. The number of hydrogen-bond donors (Lipinski definition) is 1. The van der Waals surface area contributed by atoms with Crippen molar-refractivity contribution in [3.05, 3.63) is 48.2 Å². The Morgan fingerprint density at radius 2 is 2.00 bits per heavy atom. The van der Waals surface area contributed by atoms with E-state index in [1.54, 1.807) is 0 Å². The van der Waals surface area contributed by atoms with E-state index in [2.05, 4.69) is 11.4 Å². The quantitative estimate of drug-likeness (QED) is 0.775. The van der Waals surface area contributed by atoms with Crippen LogP contribution in [0.3, 0.4) is 0 Å². The second kappa shape index (κ2) is 5.00. The average Bonchev–Trinajstić information content (AvgIpc) is 2.91. The predicted molar refractivity (Wildman–Crippen MR) is 80.9 cm³/mol. The molecule has 1 amide bonds. The van der Waals surface area contributed by atoms with Crippen molar-refractivity contribution in [1.82, 2.24) is 5.32 Å². The van der Waals surface area contributed by atoms with Gasteiger partial charge in [-0.25, -0.2) is 0 Å². The van der Waals surface area contributed by atoms with Gasteiger partial charge in [0.05, 0.1) is 0 Å². The molecule has 3 rings (SSSR count). The van der Waals surface area contributed by atoms with Crippen LogP contribution in [0.2, 0.25) is 0 Å². The number of benzene rings is 2. The van der Waals surface area contributed by atoms with Crippen LogP contribution < -0.4 is 5.32 Å². The first-order chi connectivity index (χ1) is 9.69. The Kier molecular flexibility index (Phi) is 3.18. The van der Waals surface area contributed by atoms with Gasteiger partial charge in [0.25, 0.3) is 5.91 Å². The normalized spacial score (nSPS) is 12.7. The van der Waals surface area contributed by atoms with Gasteiger partial charge in [-0.05, 0) is 36.2 Å². The minimum Gasteiger partial charge on any atom is -0.451 e. The van der Waals surface area contributed by atoms with Crippen LogP contribution in [-0.2, 0) is 0 Å². The Hall–Kier alpha value is -2.29. The third-order valence-electron chi connectivity index (χ3n) is 3.64. The molecule has 0 spiro atoms. The second-order valence-electron chi connectivity index (χ2n) is 5.09. The number of nitrogens with one attached hydrogen (secondary N) is 1. The number of carbonyl (C=O) groups is 1. The fraction of sp³-hybridized carbons (Fsp3) is 0.235. The summed E-state index contributed by atoms with van der Waals surface area (Å²) in [5.41, 5.74) is 0.748. The molecule has 1 heterocycles. The first-order valence-electron chi connectivity index (χ1n) is 6.91. The Balaban J connectivity index is 2.06. The molecule has 0 saturated heterocycles. The molecule has 0 radical (unpaired) electrons. The van der Waals surface area contributed by atoms with Crippen molar-refractivity contribution in [2.24, 2.45) is 0 Å². The fourth-order valence-corrected chi connectivity index (χ4v) is 2.30. The minimum atomic E-state index is -0.153. The van der Waals surface area contributed by atoms with E-state index in [9.17, 15) is 4.79 Å². The van der Waals surface area contributed by atoms with E-state index in [1.165, 1.54) is 0 Å². The number of hydrogen-bond acceptors (Lipinski definition) is 2. The highest BCUT2D eigenvalue weighted by Gasteiger charge is 2.15. The Labute approximate surface area is 117 Å². The lowest BCUT2D eigenvalue weighted by atomic mass is 10.1. The summed E-state index contributed by atoms with van der Waals surface area (Å²) in [4.78, 5) is 12.1. The highest BCUT2D eigenvalue weighted by Crippen LogP contribution is 2.28. The molecule has 1 atom stereocenters. The molecule has 3 nitrogen and oxygen atoms in total. The van der Waals surface area contributed by atoms with Crippen molar-refractivity contribution >= 4 is 27.6 Å². The smallest absolute Gasteiger partial charge is 0.287 e. The Morgan fingerprint density at radius 1 is 1.20 bits per heavy atom. The van der Waals surface area contributed by atoms with E-state index in [1.807, 2.05) is 50.2 Å². The van der Waals surface area contributed by atoms with Crippen molar-refractivity contribution in [2.45, 2.75) is 26.3 Å². The van der Waals surface area contributed by atoms with Crippen LogP contribution in [0.25, 0.3) is 21.7 Å². The van der Waals surface area contributed by atoms with Crippen LogP contribution in [0.15, 0.2) is 46.9 Å². The summed E-state index contributed by atoms with van der Waals surface area (Å²) in [6, 6.07) is 14.0. The molecule has 1 N–H and O–H groups in total. The van der Waals surface area contributed by atoms with Crippen molar-refractivity contribution in [3.8, 4) is 0 Å². The van der Waals surface area contributed by atoms with Crippen LogP contribution >= 0.6 is 0 Å². The third kappa shape index (κ3) is 2.16. The number of carbonyl (C=O) groups excluding carboxylic acids is 1. The summed E-state index contributed by atoms with van der Waals surface area (Å²) in [6.45, 7) is 4.02.